The second-order valence-corrected chi connectivity index (χ2v) is 16.7. The lowest BCUT2D eigenvalue weighted by atomic mass is 9.78. The fourth-order valence-corrected chi connectivity index (χ4v) is 8.34. The number of carbonyl (C=O) groups is 2. The van der Waals surface area contributed by atoms with Gasteiger partial charge < -0.3 is 9.47 Å². The minimum Gasteiger partial charge on any atom is -0.462 e. The number of diazo groups is 2. The summed E-state index contributed by atoms with van der Waals surface area (Å²) in [6.07, 6.45) is 38.5. The number of esters is 2. The smallest absolute Gasteiger partial charge is 0.399 e. The molecular weight excluding hydrogens is 721 g/mol. The molecule has 0 saturated heterocycles. The summed E-state index contributed by atoms with van der Waals surface area (Å²) in [7, 11) is 0. The van der Waals surface area contributed by atoms with Crippen LogP contribution in [-0.2, 0) is 9.47 Å². The molecule has 0 radical (unpaired) electrons. The first-order valence-electron chi connectivity index (χ1n) is 23.8. The maximum absolute atomic E-state index is 12.4. The summed E-state index contributed by atoms with van der Waals surface area (Å²) in [5.41, 5.74) is 1.09. The topological polar surface area (TPSA) is 109 Å². The van der Waals surface area contributed by atoms with E-state index < -0.39 is 11.9 Å². The van der Waals surface area contributed by atoms with Crippen molar-refractivity contribution < 1.29 is 19.1 Å². The molecule has 0 aliphatic heterocycles. The first kappa shape index (κ1) is 50.4. The van der Waals surface area contributed by atoms with E-state index in [0.29, 0.717) is 24.3 Å². The molecule has 2 atom stereocenters. The van der Waals surface area contributed by atoms with Gasteiger partial charge in [-0.05, 0) is 36.8 Å². The van der Waals surface area contributed by atoms with Crippen molar-refractivity contribution >= 4 is 23.3 Å². The third-order valence-corrected chi connectivity index (χ3v) is 11.9. The first-order chi connectivity index (χ1) is 28.5. The average molecular weight is 801 g/mol. The fourth-order valence-electron chi connectivity index (χ4n) is 8.34. The number of unbranched alkanes of at least 4 members (excludes halogenated alkanes) is 22. The Kier molecular flexibility index (Phi) is 30.6. The molecule has 58 heavy (non-hydrogen) atoms. The Labute approximate surface area is 353 Å². The number of carbonyl (C=O) groups excluding carboxylic acids is 2. The van der Waals surface area contributed by atoms with E-state index in [1.165, 1.54) is 167 Å². The van der Waals surface area contributed by atoms with E-state index in [1.54, 1.807) is 48.5 Å². The van der Waals surface area contributed by atoms with E-state index in [4.69, 9.17) is 20.3 Å². The molecule has 0 spiro atoms. The maximum Gasteiger partial charge on any atom is 0.399 e. The average Bonchev–Trinajstić information content (AvgIpc) is 3.25. The van der Waals surface area contributed by atoms with Crippen LogP contribution >= 0.6 is 0 Å². The summed E-state index contributed by atoms with van der Waals surface area (Å²) in [6.45, 7) is 5.38. The lowest BCUT2D eigenvalue weighted by molar-refractivity contribution is 0.0489. The van der Waals surface area contributed by atoms with Gasteiger partial charge in [-0.3, -0.25) is 0 Å². The van der Waals surface area contributed by atoms with Gasteiger partial charge in [0.1, 0.15) is 0 Å². The Hall–Kier alpha value is -3.78. The highest BCUT2D eigenvalue weighted by molar-refractivity contribution is 5.96. The predicted molar refractivity (Wildman–Crippen MR) is 240 cm³/mol. The molecule has 0 fully saturated rings. The number of hydrogen-bond donors (Lipinski definition) is 0. The number of nitrogens with zero attached hydrogens (tertiary/aromatic N) is 4. The van der Waals surface area contributed by atoms with E-state index in [9.17, 15) is 9.59 Å². The van der Waals surface area contributed by atoms with Crippen LogP contribution in [0.4, 0.5) is 11.4 Å². The Balaban J connectivity index is 1.79. The second-order valence-electron chi connectivity index (χ2n) is 16.7. The van der Waals surface area contributed by atoms with Crippen molar-refractivity contribution in [3.05, 3.63) is 69.6 Å². The Bertz CT molecular complexity index is 1330. The normalized spacial score (nSPS) is 12.1. The van der Waals surface area contributed by atoms with Crippen molar-refractivity contribution in [2.75, 3.05) is 13.2 Å². The van der Waals surface area contributed by atoms with Crippen molar-refractivity contribution in [3.63, 3.8) is 0 Å². The van der Waals surface area contributed by atoms with Crippen molar-refractivity contribution in [1.82, 2.24) is 0 Å². The lowest BCUT2D eigenvalue weighted by Crippen LogP contribution is -2.16. The molecule has 0 aliphatic carbocycles. The van der Waals surface area contributed by atoms with Gasteiger partial charge in [0, 0.05) is 12.1 Å². The first-order valence-corrected chi connectivity index (χ1v) is 23.8. The summed E-state index contributed by atoms with van der Waals surface area (Å²) in [4.78, 5) is 31.2. The summed E-state index contributed by atoms with van der Waals surface area (Å²) in [5.74, 6) is 0.813. The van der Waals surface area contributed by atoms with E-state index in [2.05, 4.69) is 23.8 Å². The molecule has 2 aromatic rings. The highest BCUT2D eigenvalue weighted by atomic mass is 16.5. The van der Waals surface area contributed by atoms with Gasteiger partial charge in [-0.2, -0.15) is 0 Å². The third kappa shape index (κ3) is 23.6. The Morgan fingerprint density at radius 3 is 1.02 bits per heavy atom. The van der Waals surface area contributed by atoms with E-state index in [0.717, 1.165) is 37.5 Å². The van der Waals surface area contributed by atoms with Crippen LogP contribution in [0.2, 0.25) is 0 Å². The molecule has 8 heteroatoms. The van der Waals surface area contributed by atoms with Crippen LogP contribution in [0.1, 0.15) is 227 Å². The SMILES string of the molecule is CCCCCCCCCC(CCCCCCCCOC(=O)c1ccccc1[N+]#N)C(CCCCCCCCC)CCCCCCCCOC(=O)c1ccccc1[N+]#N. The molecule has 0 aliphatic rings. The number of benzene rings is 2. The predicted octanol–water partition coefficient (Wildman–Crippen LogP) is 16.6. The molecule has 2 unspecified atom stereocenters. The quantitative estimate of drug-likeness (QED) is 0.0382. The monoisotopic (exact) mass is 801 g/mol. The standard InChI is InChI=1S/C50H80N4O4/c1-3-5-7-9-11-17-23-33-43(35-25-19-13-15-21-31-41-57-49(55)45-37-27-29-39-47(45)53-51)44(34-24-18-12-10-8-6-4-2)36-26-20-14-16-22-32-42-58-50(56)46-38-28-30-40-48(46)54-52/h27-30,37-40,43-44H,3-26,31-36,41-42H2,1-2H3/q+2. The largest absolute Gasteiger partial charge is 0.462 e. The second kappa shape index (κ2) is 35.2. The van der Waals surface area contributed by atoms with Gasteiger partial charge >= 0.3 is 23.3 Å². The van der Waals surface area contributed by atoms with Crippen molar-refractivity contribution in [3.8, 4) is 0 Å². The van der Waals surface area contributed by atoms with E-state index in [-0.39, 0.29) is 11.4 Å². The molecule has 0 N–H and O–H groups in total. The zero-order valence-corrected chi connectivity index (χ0v) is 36.8. The third-order valence-electron chi connectivity index (χ3n) is 11.9. The van der Waals surface area contributed by atoms with Crippen LogP contribution in [0.5, 0.6) is 0 Å². The van der Waals surface area contributed by atoms with Crippen LogP contribution in [0.3, 0.4) is 0 Å². The van der Waals surface area contributed by atoms with E-state index in [1.807, 2.05) is 0 Å². The molecule has 8 nitrogen and oxygen atoms in total. The number of hydrogen-bond acceptors (Lipinski definition) is 6. The van der Waals surface area contributed by atoms with Crippen molar-refractivity contribution in [1.29, 1.82) is 10.8 Å². The Morgan fingerprint density at radius 1 is 0.431 bits per heavy atom. The number of rotatable bonds is 37. The summed E-state index contributed by atoms with van der Waals surface area (Å²) in [6, 6.07) is 13.4. The summed E-state index contributed by atoms with van der Waals surface area (Å²) < 4.78 is 10.9. The van der Waals surface area contributed by atoms with Crippen molar-refractivity contribution in [2.45, 2.75) is 206 Å². The number of ether oxygens (including phenoxy) is 2. The molecule has 322 valence electrons. The molecule has 0 bridgehead atoms. The van der Waals surface area contributed by atoms with Gasteiger partial charge in [0.15, 0.2) is 21.1 Å². The zero-order valence-electron chi connectivity index (χ0n) is 36.8. The minimum absolute atomic E-state index is 0.243. The summed E-state index contributed by atoms with van der Waals surface area (Å²) >= 11 is 0. The van der Waals surface area contributed by atoms with Crippen LogP contribution in [0.25, 0.3) is 9.95 Å². The molecule has 0 amide bonds. The van der Waals surface area contributed by atoms with Crippen LogP contribution in [0, 0.1) is 22.6 Å². The fraction of sp³-hybridized carbons (Fsp3) is 0.720. The van der Waals surface area contributed by atoms with Crippen LogP contribution in [0.15, 0.2) is 48.5 Å². The van der Waals surface area contributed by atoms with Crippen LogP contribution < -0.4 is 0 Å². The van der Waals surface area contributed by atoms with Gasteiger partial charge in [-0.25, -0.2) is 9.59 Å². The molecule has 0 aromatic heterocycles. The molecule has 0 saturated carbocycles. The minimum atomic E-state index is -0.429. The molecule has 0 heterocycles. The van der Waals surface area contributed by atoms with Crippen LogP contribution in [-0.4, -0.2) is 25.2 Å². The lowest BCUT2D eigenvalue weighted by Gasteiger charge is -2.28. The van der Waals surface area contributed by atoms with Gasteiger partial charge in [0.05, 0.1) is 13.2 Å². The highest BCUT2D eigenvalue weighted by Crippen LogP contribution is 2.34. The van der Waals surface area contributed by atoms with Gasteiger partial charge in [-0.15, -0.1) is 0 Å². The summed E-state index contributed by atoms with van der Waals surface area (Å²) in [5, 5.41) is 18.3. The highest BCUT2D eigenvalue weighted by Gasteiger charge is 2.23. The van der Waals surface area contributed by atoms with Crippen molar-refractivity contribution in [2.24, 2.45) is 11.8 Å². The zero-order chi connectivity index (χ0) is 41.7. The molecular formula is C50H80N4O4+2. The van der Waals surface area contributed by atoms with E-state index >= 15 is 0 Å². The maximum atomic E-state index is 12.4. The van der Waals surface area contributed by atoms with Gasteiger partial charge in [-0.1, -0.05) is 218 Å². The molecule has 2 rings (SSSR count). The Morgan fingerprint density at radius 2 is 0.707 bits per heavy atom. The van der Waals surface area contributed by atoms with Gasteiger partial charge in [0.2, 0.25) is 10.8 Å². The van der Waals surface area contributed by atoms with Gasteiger partial charge in [0.25, 0.3) is 0 Å². The molecule has 2 aromatic carbocycles.